The Labute approximate surface area is 181 Å². The molecule has 0 aliphatic rings. The molecule has 3 rings (SSSR count). The zero-order valence-electron chi connectivity index (χ0n) is 14.2. The van der Waals surface area contributed by atoms with Crippen molar-refractivity contribution in [1.82, 2.24) is 4.98 Å². The van der Waals surface area contributed by atoms with Crippen LogP contribution in [0.3, 0.4) is 0 Å². The number of carbonyl (C=O) groups is 1. The van der Waals surface area contributed by atoms with E-state index in [0.29, 0.717) is 25.8 Å². The lowest BCUT2D eigenvalue weighted by Gasteiger charge is -2.05. The third kappa shape index (κ3) is 4.76. The number of hydrogen-bond donors (Lipinski definition) is 1. The molecular formula is C19H14Cl4N2OS. The number of benzene rings is 2. The number of anilines is 1. The highest BCUT2D eigenvalue weighted by Gasteiger charge is 2.18. The summed E-state index contributed by atoms with van der Waals surface area (Å²) in [6, 6.07) is 10.0. The molecule has 0 unspecified atom stereocenters. The Hall–Kier alpha value is -1.30. The van der Waals surface area contributed by atoms with Crippen LogP contribution in [0.4, 0.5) is 5.13 Å². The fraction of sp³-hybridized carbons (Fsp3) is 0.158. The molecule has 0 saturated carbocycles. The van der Waals surface area contributed by atoms with Crippen molar-refractivity contribution in [3.63, 3.8) is 0 Å². The number of nitrogens with zero attached hydrogens (tertiary/aromatic N) is 1. The Bertz CT molecular complexity index is 1000. The molecule has 0 spiro atoms. The number of rotatable bonds is 5. The number of hydrogen-bond acceptors (Lipinski definition) is 3. The van der Waals surface area contributed by atoms with Crippen molar-refractivity contribution in [1.29, 1.82) is 0 Å². The van der Waals surface area contributed by atoms with Gasteiger partial charge in [0.1, 0.15) is 0 Å². The summed E-state index contributed by atoms with van der Waals surface area (Å²) in [5.74, 6) is -0.345. The van der Waals surface area contributed by atoms with Crippen molar-refractivity contribution >= 4 is 68.8 Å². The molecule has 8 heteroatoms. The number of thiazole rings is 1. The standard InChI is InChI=1S/C19H14Cl4N2OS/c1-2-3-16-17(12-6-4-10(20)8-14(12)22)24-19(27-16)25-18(26)13-7-5-11(21)9-15(13)23/h4-9H,2-3H2,1H3,(H,24,25,26). The number of halogens is 4. The van der Waals surface area contributed by atoms with Gasteiger partial charge in [0.15, 0.2) is 5.13 Å². The van der Waals surface area contributed by atoms with Gasteiger partial charge in [0.05, 0.1) is 21.3 Å². The van der Waals surface area contributed by atoms with Crippen molar-refractivity contribution in [2.75, 3.05) is 5.32 Å². The summed E-state index contributed by atoms with van der Waals surface area (Å²) in [7, 11) is 0. The van der Waals surface area contributed by atoms with E-state index in [1.54, 1.807) is 24.3 Å². The molecule has 0 fully saturated rings. The summed E-state index contributed by atoms with van der Waals surface area (Å²) in [5.41, 5.74) is 1.87. The smallest absolute Gasteiger partial charge is 0.258 e. The lowest BCUT2D eigenvalue weighted by Crippen LogP contribution is -2.12. The monoisotopic (exact) mass is 458 g/mol. The number of aromatic nitrogens is 1. The van der Waals surface area contributed by atoms with Gasteiger partial charge in [0.2, 0.25) is 0 Å². The van der Waals surface area contributed by atoms with Crippen LogP contribution < -0.4 is 5.32 Å². The second kappa shape index (κ2) is 8.80. The molecule has 2 aromatic carbocycles. The topological polar surface area (TPSA) is 42.0 Å². The third-order valence-electron chi connectivity index (χ3n) is 3.76. The van der Waals surface area contributed by atoms with E-state index < -0.39 is 0 Å². The van der Waals surface area contributed by atoms with E-state index in [2.05, 4.69) is 17.2 Å². The quantitative estimate of drug-likeness (QED) is 0.426. The van der Waals surface area contributed by atoms with Crippen LogP contribution in [0.25, 0.3) is 11.3 Å². The Morgan fingerprint density at radius 3 is 2.33 bits per heavy atom. The molecule has 0 atom stereocenters. The van der Waals surface area contributed by atoms with Crippen LogP contribution in [0.5, 0.6) is 0 Å². The number of aryl methyl sites for hydroxylation is 1. The minimum absolute atomic E-state index is 0.284. The van der Waals surface area contributed by atoms with Gasteiger partial charge < -0.3 is 0 Å². The molecule has 1 amide bonds. The van der Waals surface area contributed by atoms with E-state index in [0.717, 1.165) is 29.0 Å². The summed E-state index contributed by atoms with van der Waals surface area (Å²) in [6.45, 7) is 2.08. The molecule has 0 aliphatic carbocycles. The number of carbonyl (C=O) groups excluding carboxylic acids is 1. The van der Waals surface area contributed by atoms with Crippen molar-refractivity contribution in [3.8, 4) is 11.3 Å². The SMILES string of the molecule is CCCc1sc(NC(=O)c2ccc(Cl)cc2Cl)nc1-c1ccc(Cl)cc1Cl. The molecule has 3 nitrogen and oxygen atoms in total. The van der Waals surface area contributed by atoms with Gasteiger partial charge in [-0.05, 0) is 42.8 Å². The predicted molar refractivity (Wildman–Crippen MR) is 116 cm³/mol. The normalized spacial score (nSPS) is 10.9. The highest BCUT2D eigenvalue weighted by atomic mass is 35.5. The van der Waals surface area contributed by atoms with Gasteiger partial charge in [-0.3, -0.25) is 10.1 Å². The zero-order valence-corrected chi connectivity index (χ0v) is 18.0. The Kier molecular flexibility index (Phi) is 6.66. The number of nitrogens with one attached hydrogen (secondary N) is 1. The molecule has 0 bridgehead atoms. The van der Waals surface area contributed by atoms with Crippen LogP contribution in [0.1, 0.15) is 28.6 Å². The van der Waals surface area contributed by atoms with Gasteiger partial charge in [0, 0.05) is 20.5 Å². The van der Waals surface area contributed by atoms with Crippen LogP contribution in [0, 0.1) is 0 Å². The minimum atomic E-state index is -0.345. The van der Waals surface area contributed by atoms with Crippen LogP contribution in [-0.2, 0) is 6.42 Å². The molecule has 0 saturated heterocycles. The van der Waals surface area contributed by atoms with Crippen molar-refractivity contribution < 1.29 is 4.79 Å². The second-order valence-corrected chi connectivity index (χ2v) is 8.51. The Morgan fingerprint density at radius 1 is 1.04 bits per heavy atom. The van der Waals surface area contributed by atoms with E-state index in [-0.39, 0.29) is 10.9 Å². The summed E-state index contributed by atoms with van der Waals surface area (Å²) >= 11 is 25.8. The first-order valence-corrected chi connectivity index (χ1v) is 10.4. The highest BCUT2D eigenvalue weighted by molar-refractivity contribution is 7.16. The molecule has 1 aromatic heterocycles. The fourth-order valence-electron chi connectivity index (χ4n) is 2.53. The maximum atomic E-state index is 12.6. The average Bonchev–Trinajstić information content (AvgIpc) is 2.97. The lowest BCUT2D eigenvalue weighted by molar-refractivity contribution is 0.102. The fourth-order valence-corrected chi connectivity index (χ4v) is 4.60. The third-order valence-corrected chi connectivity index (χ3v) is 5.88. The van der Waals surface area contributed by atoms with E-state index in [9.17, 15) is 4.79 Å². The van der Waals surface area contributed by atoms with Gasteiger partial charge in [-0.1, -0.05) is 59.7 Å². The van der Waals surface area contributed by atoms with Crippen molar-refractivity contribution in [2.45, 2.75) is 19.8 Å². The van der Waals surface area contributed by atoms with Gasteiger partial charge in [-0.25, -0.2) is 4.98 Å². The summed E-state index contributed by atoms with van der Waals surface area (Å²) < 4.78 is 0. The summed E-state index contributed by atoms with van der Waals surface area (Å²) in [4.78, 5) is 18.2. The first kappa shape index (κ1) is 20.4. The minimum Gasteiger partial charge on any atom is -0.298 e. The molecule has 0 radical (unpaired) electrons. The molecule has 3 aromatic rings. The molecule has 1 N–H and O–H groups in total. The predicted octanol–water partition coefficient (Wildman–Crippen LogP) is 7.63. The highest BCUT2D eigenvalue weighted by Crippen LogP contribution is 2.37. The largest absolute Gasteiger partial charge is 0.298 e. The van der Waals surface area contributed by atoms with Crippen LogP contribution in [-0.4, -0.2) is 10.9 Å². The maximum Gasteiger partial charge on any atom is 0.258 e. The van der Waals surface area contributed by atoms with Crippen LogP contribution >= 0.6 is 57.7 Å². The summed E-state index contributed by atoms with van der Waals surface area (Å²) in [6.07, 6.45) is 1.76. The van der Waals surface area contributed by atoms with E-state index >= 15 is 0 Å². The number of amides is 1. The van der Waals surface area contributed by atoms with Crippen LogP contribution in [0.15, 0.2) is 36.4 Å². The molecule has 27 heavy (non-hydrogen) atoms. The molecular weight excluding hydrogens is 446 g/mol. The Morgan fingerprint density at radius 2 is 1.70 bits per heavy atom. The molecule has 140 valence electrons. The lowest BCUT2D eigenvalue weighted by atomic mass is 10.1. The second-order valence-electron chi connectivity index (χ2n) is 5.74. The first-order chi connectivity index (χ1) is 12.9. The molecule has 0 aliphatic heterocycles. The Balaban J connectivity index is 1.94. The summed E-state index contributed by atoms with van der Waals surface area (Å²) in [5, 5.41) is 5.12. The van der Waals surface area contributed by atoms with Gasteiger partial charge in [0.25, 0.3) is 5.91 Å². The van der Waals surface area contributed by atoms with Crippen molar-refractivity contribution in [2.24, 2.45) is 0 Å². The zero-order chi connectivity index (χ0) is 19.6. The average molecular weight is 460 g/mol. The van der Waals surface area contributed by atoms with Gasteiger partial charge >= 0.3 is 0 Å². The van der Waals surface area contributed by atoms with E-state index in [1.807, 2.05) is 6.07 Å². The van der Waals surface area contributed by atoms with Gasteiger partial charge in [-0.15, -0.1) is 11.3 Å². The van der Waals surface area contributed by atoms with E-state index in [1.165, 1.54) is 17.4 Å². The van der Waals surface area contributed by atoms with Crippen LogP contribution in [0.2, 0.25) is 20.1 Å². The molecule has 1 heterocycles. The van der Waals surface area contributed by atoms with Crippen molar-refractivity contribution in [3.05, 3.63) is 66.9 Å². The van der Waals surface area contributed by atoms with Gasteiger partial charge in [-0.2, -0.15) is 0 Å². The first-order valence-electron chi connectivity index (χ1n) is 8.10. The van der Waals surface area contributed by atoms with E-state index in [4.69, 9.17) is 46.4 Å². The maximum absolute atomic E-state index is 12.6.